The van der Waals surface area contributed by atoms with Gasteiger partial charge in [0.15, 0.2) is 17.3 Å². The number of guanidine groups is 1. The van der Waals surface area contributed by atoms with Crippen LogP contribution in [0.4, 0.5) is 26.0 Å². The molecular weight excluding hydrogens is 536 g/mol. The summed E-state index contributed by atoms with van der Waals surface area (Å²) in [5.41, 5.74) is 6.60. The van der Waals surface area contributed by atoms with Crippen molar-refractivity contribution in [3.63, 3.8) is 0 Å². The zero-order valence-corrected chi connectivity index (χ0v) is 23.0. The standard InChI is InChI=1S/C33H27F2N5O2/c1-21-29-30(23-17-18-27(42-32(34)35)28(19-23)41-2)39-26-16-10-9-15-25(26)38(20-22-11-5-3-6-12-22)33(39)36-31(29)40(37-21)24-13-7-4-8-14-24/h3-19,30,32H,20H2,1-2H3/t30-/m1/s1. The number of alkyl halides is 2. The summed E-state index contributed by atoms with van der Waals surface area (Å²) in [5.74, 6) is 1.67. The molecule has 9 heteroatoms. The number of halogens is 2. The van der Waals surface area contributed by atoms with Gasteiger partial charge < -0.3 is 14.4 Å². The van der Waals surface area contributed by atoms with Crippen LogP contribution in [0.2, 0.25) is 0 Å². The van der Waals surface area contributed by atoms with E-state index >= 15 is 0 Å². The van der Waals surface area contributed by atoms with Gasteiger partial charge in [-0.2, -0.15) is 18.9 Å². The second-order valence-corrected chi connectivity index (χ2v) is 10.1. The monoisotopic (exact) mass is 563 g/mol. The highest BCUT2D eigenvalue weighted by atomic mass is 19.3. The molecule has 0 amide bonds. The van der Waals surface area contributed by atoms with Crippen molar-refractivity contribution in [3.05, 3.63) is 126 Å². The van der Waals surface area contributed by atoms with Crippen molar-refractivity contribution in [3.8, 4) is 17.2 Å². The normalized spacial score (nSPS) is 15.3. The van der Waals surface area contributed by atoms with Crippen LogP contribution in [0.1, 0.15) is 28.4 Å². The van der Waals surface area contributed by atoms with Crippen LogP contribution < -0.4 is 19.3 Å². The molecule has 0 aliphatic carbocycles. The van der Waals surface area contributed by atoms with Crippen molar-refractivity contribution in [2.24, 2.45) is 4.99 Å². The summed E-state index contributed by atoms with van der Waals surface area (Å²) in [7, 11) is 1.45. The number of hydrogen-bond acceptors (Lipinski definition) is 6. The average molecular weight is 564 g/mol. The van der Waals surface area contributed by atoms with Crippen LogP contribution in [0.15, 0.2) is 108 Å². The van der Waals surface area contributed by atoms with Crippen LogP contribution in [0.25, 0.3) is 5.69 Å². The third kappa shape index (κ3) is 4.25. The molecule has 0 fully saturated rings. The Morgan fingerprint density at radius 2 is 1.52 bits per heavy atom. The van der Waals surface area contributed by atoms with Gasteiger partial charge in [-0.15, -0.1) is 0 Å². The van der Waals surface area contributed by atoms with Crippen molar-refractivity contribution < 1.29 is 18.3 Å². The Labute approximate surface area is 241 Å². The van der Waals surface area contributed by atoms with Crippen LogP contribution in [0, 0.1) is 6.92 Å². The smallest absolute Gasteiger partial charge is 0.387 e. The summed E-state index contributed by atoms with van der Waals surface area (Å²) >= 11 is 0. The van der Waals surface area contributed by atoms with Gasteiger partial charge in [-0.05, 0) is 54.4 Å². The quantitative estimate of drug-likeness (QED) is 0.206. The Hall–Kier alpha value is -5.18. The molecule has 0 saturated heterocycles. The molecule has 4 aromatic carbocycles. The fourth-order valence-electron chi connectivity index (χ4n) is 5.82. The van der Waals surface area contributed by atoms with Crippen LogP contribution in [0.5, 0.6) is 11.5 Å². The lowest BCUT2D eigenvalue weighted by Crippen LogP contribution is -2.42. The Morgan fingerprint density at radius 1 is 0.833 bits per heavy atom. The minimum absolute atomic E-state index is 0.0228. The number of methoxy groups -OCH3 is 1. The van der Waals surface area contributed by atoms with E-state index in [1.165, 1.54) is 13.2 Å². The molecule has 2 aliphatic rings. The van der Waals surface area contributed by atoms with E-state index in [9.17, 15) is 8.78 Å². The minimum Gasteiger partial charge on any atom is -0.493 e. The highest BCUT2D eigenvalue weighted by Gasteiger charge is 2.44. The largest absolute Gasteiger partial charge is 0.493 e. The highest BCUT2D eigenvalue weighted by Crippen LogP contribution is 2.51. The third-order valence-corrected chi connectivity index (χ3v) is 7.61. The second-order valence-electron chi connectivity index (χ2n) is 10.1. The number of ether oxygens (including phenoxy) is 2. The number of aromatic nitrogens is 2. The van der Waals surface area contributed by atoms with E-state index in [0.29, 0.717) is 12.4 Å². The molecule has 210 valence electrons. The Bertz CT molecular complexity index is 1790. The number of nitrogens with zero attached hydrogens (tertiary/aromatic N) is 5. The van der Waals surface area contributed by atoms with Gasteiger partial charge in [0.1, 0.15) is 0 Å². The van der Waals surface area contributed by atoms with Gasteiger partial charge in [-0.3, -0.25) is 4.90 Å². The molecule has 0 spiro atoms. The van der Waals surface area contributed by atoms with Crippen LogP contribution in [0.3, 0.4) is 0 Å². The van der Waals surface area contributed by atoms with Crippen LogP contribution in [-0.2, 0) is 6.54 Å². The van der Waals surface area contributed by atoms with E-state index in [-0.39, 0.29) is 17.5 Å². The first-order valence-electron chi connectivity index (χ1n) is 13.6. The summed E-state index contributed by atoms with van der Waals surface area (Å²) in [6.45, 7) is -0.382. The molecule has 7 rings (SSSR count). The molecule has 0 N–H and O–H groups in total. The fraction of sp³-hybridized carbons (Fsp3) is 0.152. The molecule has 1 aromatic heterocycles. The van der Waals surface area contributed by atoms with Gasteiger partial charge in [-0.1, -0.05) is 66.7 Å². The van der Waals surface area contributed by atoms with Gasteiger partial charge in [0.2, 0.25) is 5.96 Å². The van der Waals surface area contributed by atoms with Gasteiger partial charge in [0.25, 0.3) is 0 Å². The maximum absolute atomic E-state index is 13.2. The minimum atomic E-state index is -2.96. The SMILES string of the molecule is COc1cc([C@@H]2c3c(C)nn(-c4ccccc4)c3N=C3N(Cc4ccccc4)c4ccccc4N32)ccc1OC(F)F. The Balaban J connectivity index is 1.46. The van der Waals surface area contributed by atoms with Gasteiger partial charge in [0, 0.05) is 5.56 Å². The lowest BCUT2D eigenvalue weighted by atomic mass is 9.95. The number of fused-ring (bicyclic) bond motifs is 4. The fourth-order valence-corrected chi connectivity index (χ4v) is 5.82. The first-order valence-corrected chi connectivity index (χ1v) is 13.6. The zero-order valence-electron chi connectivity index (χ0n) is 23.0. The highest BCUT2D eigenvalue weighted by molar-refractivity contribution is 6.18. The molecule has 0 radical (unpaired) electrons. The number of benzene rings is 4. The number of para-hydroxylation sites is 3. The topological polar surface area (TPSA) is 55.1 Å². The van der Waals surface area contributed by atoms with Gasteiger partial charge in [0.05, 0.1) is 42.5 Å². The lowest BCUT2D eigenvalue weighted by Gasteiger charge is -2.35. The number of rotatable bonds is 7. The number of aliphatic imine (C=N–C) groups is 1. The third-order valence-electron chi connectivity index (χ3n) is 7.61. The van der Waals surface area contributed by atoms with Crippen molar-refractivity contribution in [1.82, 2.24) is 9.78 Å². The zero-order chi connectivity index (χ0) is 28.8. The van der Waals surface area contributed by atoms with Crippen LogP contribution >= 0.6 is 0 Å². The second kappa shape index (κ2) is 10.3. The summed E-state index contributed by atoms with van der Waals surface area (Å²) in [6.07, 6.45) is 0. The number of aryl methyl sites for hydroxylation is 1. The van der Waals surface area contributed by atoms with Crippen LogP contribution in [-0.4, -0.2) is 29.5 Å². The average Bonchev–Trinajstić information content (AvgIpc) is 3.51. The molecule has 0 unspecified atom stereocenters. The molecule has 1 atom stereocenters. The predicted octanol–water partition coefficient (Wildman–Crippen LogP) is 7.41. The molecule has 2 aliphatic heterocycles. The molecule has 7 nitrogen and oxygen atoms in total. The summed E-state index contributed by atoms with van der Waals surface area (Å²) < 4.78 is 38.4. The van der Waals surface area contributed by atoms with E-state index < -0.39 is 6.61 Å². The first-order chi connectivity index (χ1) is 20.5. The maximum Gasteiger partial charge on any atom is 0.387 e. The maximum atomic E-state index is 13.2. The van der Waals surface area contributed by atoms with E-state index in [4.69, 9.17) is 19.6 Å². The Morgan fingerprint density at radius 3 is 2.24 bits per heavy atom. The molecule has 3 heterocycles. The summed E-state index contributed by atoms with van der Waals surface area (Å²) in [6, 6.07) is 33.1. The van der Waals surface area contributed by atoms with E-state index in [2.05, 4.69) is 34.1 Å². The first kappa shape index (κ1) is 25.8. The molecule has 0 bridgehead atoms. The van der Waals surface area contributed by atoms with E-state index in [1.54, 1.807) is 12.1 Å². The molecular formula is C33H27F2N5O2. The summed E-state index contributed by atoms with van der Waals surface area (Å²) in [5, 5.41) is 4.94. The predicted molar refractivity (Wildman–Crippen MR) is 158 cm³/mol. The van der Waals surface area contributed by atoms with Crippen molar-refractivity contribution in [1.29, 1.82) is 0 Å². The van der Waals surface area contributed by atoms with E-state index in [0.717, 1.165) is 45.4 Å². The van der Waals surface area contributed by atoms with Gasteiger partial charge >= 0.3 is 6.61 Å². The molecule has 0 saturated carbocycles. The number of anilines is 2. The van der Waals surface area contributed by atoms with E-state index in [1.807, 2.05) is 72.3 Å². The lowest BCUT2D eigenvalue weighted by molar-refractivity contribution is -0.0512. The van der Waals surface area contributed by atoms with Gasteiger partial charge in [-0.25, -0.2) is 4.68 Å². The van der Waals surface area contributed by atoms with Crippen molar-refractivity contribution in [2.45, 2.75) is 26.1 Å². The Kier molecular flexibility index (Phi) is 6.34. The molecule has 42 heavy (non-hydrogen) atoms. The number of hydrogen-bond donors (Lipinski definition) is 0. The van der Waals surface area contributed by atoms with Crippen molar-refractivity contribution in [2.75, 3.05) is 16.9 Å². The van der Waals surface area contributed by atoms with Crippen molar-refractivity contribution >= 4 is 23.2 Å². The summed E-state index contributed by atoms with van der Waals surface area (Å²) in [4.78, 5) is 9.70. The molecule has 5 aromatic rings.